The van der Waals surface area contributed by atoms with Crippen LogP contribution in [0.25, 0.3) is 16.8 Å². The van der Waals surface area contributed by atoms with E-state index in [9.17, 15) is 8.78 Å². The van der Waals surface area contributed by atoms with Gasteiger partial charge < -0.3 is 20.7 Å². The van der Waals surface area contributed by atoms with Crippen LogP contribution in [-0.4, -0.2) is 40.3 Å². The van der Waals surface area contributed by atoms with Crippen molar-refractivity contribution in [3.63, 3.8) is 0 Å². The van der Waals surface area contributed by atoms with E-state index in [1.54, 1.807) is 6.20 Å². The number of allylic oxidation sites excluding steroid dienone is 1. The van der Waals surface area contributed by atoms with Gasteiger partial charge in [-0.25, -0.2) is 13.8 Å². The smallest absolute Gasteiger partial charge is 0.168 e. The van der Waals surface area contributed by atoms with Crippen molar-refractivity contribution >= 4 is 46.0 Å². The molecule has 1 atom stereocenters. The second kappa shape index (κ2) is 10.3. The second-order valence-electron chi connectivity index (χ2n) is 9.60. The molecule has 0 radical (unpaired) electrons. The third kappa shape index (κ3) is 6.05. The van der Waals surface area contributed by atoms with Crippen molar-refractivity contribution in [1.29, 1.82) is 5.41 Å². The number of rotatable bonds is 7. The normalized spacial score (nSPS) is 18.5. The van der Waals surface area contributed by atoms with Gasteiger partial charge in [0.2, 0.25) is 0 Å². The van der Waals surface area contributed by atoms with E-state index >= 15 is 0 Å². The van der Waals surface area contributed by atoms with Gasteiger partial charge in [-0.05, 0) is 68.6 Å². The molecule has 0 bridgehead atoms. The van der Waals surface area contributed by atoms with Gasteiger partial charge in [0, 0.05) is 59.7 Å². The fraction of sp³-hybridized carbons (Fsp3) is 0.435. The van der Waals surface area contributed by atoms with Gasteiger partial charge in [-0.3, -0.25) is 4.98 Å². The Balaban J connectivity index is 1.85. The summed E-state index contributed by atoms with van der Waals surface area (Å²) in [6, 6.07) is 3.21. The molecule has 0 spiro atoms. The maximum absolute atomic E-state index is 14.9. The number of aromatic nitrogens is 2. The van der Waals surface area contributed by atoms with Crippen molar-refractivity contribution in [3.05, 3.63) is 47.9 Å². The molecule has 0 saturated carbocycles. The van der Waals surface area contributed by atoms with Crippen LogP contribution in [-0.2, 0) is 0 Å². The van der Waals surface area contributed by atoms with Crippen LogP contribution in [0, 0.1) is 17.0 Å². The van der Waals surface area contributed by atoms with Crippen LogP contribution in [0.15, 0.2) is 30.7 Å². The van der Waals surface area contributed by atoms with Gasteiger partial charge in [0.05, 0.1) is 18.1 Å². The van der Waals surface area contributed by atoms with E-state index in [4.69, 9.17) is 5.41 Å². The van der Waals surface area contributed by atoms with Crippen LogP contribution < -0.4 is 15.3 Å². The first-order chi connectivity index (χ1) is 15.5. The molecule has 178 valence electrons. The zero-order chi connectivity index (χ0) is 24.4. The summed E-state index contributed by atoms with van der Waals surface area (Å²) in [6.45, 7) is 8.79. The van der Waals surface area contributed by atoms with Crippen molar-refractivity contribution < 1.29 is 8.78 Å². The minimum absolute atomic E-state index is 0.00705. The summed E-state index contributed by atoms with van der Waals surface area (Å²) in [5.41, 5.74) is 0.565. The first-order valence-electron chi connectivity index (χ1n) is 10.6. The quantitative estimate of drug-likeness (QED) is 0.221. The van der Waals surface area contributed by atoms with Crippen LogP contribution in [0.1, 0.15) is 46.1 Å². The summed E-state index contributed by atoms with van der Waals surface area (Å²) in [4.78, 5) is 11.0. The molecule has 2 aromatic rings. The zero-order valence-corrected chi connectivity index (χ0v) is 22.6. The molecule has 1 aromatic carbocycles. The lowest BCUT2D eigenvalue weighted by Gasteiger charge is -2.49. The van der Waals surface area contributed by atoms with Crippen molar-refractivity contribution in [1.82, 2.24) is 20.4 Å². The summed E-state index contributed by atoms with van der Waals surface area (Å²) >= 11 is 2.12. The molecule has 1 saturated heterocycles. The van der Waals surface area contributed by atoms with Crippen molar-refractivity contribution in [2.45, 2.75) is 57.7 Å². The number of anilines is 1. The number of halogens is 3. The number of hydrogen-bond donors (Lipinski definition) is 3. The van der Waals surface area contributed by atoms with Crippen molar-refractivity contribution in [3.8, 4) is 11.3 Å². The van der Waals surface area contributed by atoms with Gasteiger partial charge in [-0.1, -0.05) is 6.07 Å². The molecule has 1 aromatic heterocycles. The number of benzene rings is 1. The van der Waals surface area contributed by atoms with E-state index in [1.165, 1.54) is 24.5 Å². The predicted molar refractivity (Wildman–Crippen MR) is 142 cm³/mol. The summed E-state index contributed by atoms with van der Waals surface area (Å²) in [6.07, 6.45) is 7.85. The highest BCUT2D eigenvalue weighted by molar-refractivity contribution is 14.2. The summed E-state index contributed by atoms with van der Waals surface area (Å²) < 4.78 is 29.7. The van der Waals surface area contributed by atoms with Crippen LogP contribution in [0.2, 0.25) is 0 Å². The Kier molecular flexibility index (Phi) is 8.07. The van der Waals surface area contributed by atoms with E-state index < -0.39 is 11.6 Å². The summed E-state index contributed by atoms with van der Waals surface area (Å²) in [5, 5.41) is 14.1. The van der Waals surface area contributed by atoms with Crippen LogP contribution in [0.3, 0.4) is 0 Å². The monoisotopic (exact) mass is 586 g/mol. The first-order valence-corrected chi connectivity index (χ1v) is 14.7. The van der Waals surface area contributed by atoms with Gasteiger partial charge in [0.25, 0.3) is 0 Å². The minimum atomic E-state index is -1.01. The molecule has 0 amide bonds. The lowest BCUT2D eigenvalue weighted by molar-refractivity contribution is 0.160. The Morgan fingerprint density at radius 2 is 1.85 bits per heavy atom. The third-order valence-electron chi connectivity index (χ3n) is 5.82. The lowest BCUT2D eigenvalue weighted by atomic mass is 9.79. The number of nitrogens with zero attached hydrogens (tertiary/aromatic N) is 3. The fourth-order valence-electron chi connectivity index (χ4n) is 4.64. The average molecular weight is 586 g/mol. The Morgan fingerprint density at radius 3 is 2.39 bits per heavy atom. The molecule has 1 unspecified atom stereocenters. The zero-order valence-electron chi connectivity index (χ0n) is 19.4. The van der Waals surface area contributed by atoms with E-state index in [0.717, 1.165) is 19.1 Å². The SMILES string of the molecule is CN(c1cnc(-c2ccc(/C(C=N)=C/NPI)c(F)c2F)cn1)C1CC(C)(C)NC(C)(C)C1. The second-order valence-corrected chi connectivity index (χ2v) is 11.7. The maximum atomic E-state index is 14.9. The van der Waals surface area contributed by atoms with Crippen LogP contribution >= 0.6 is 28.4 Å². The van der Waals surface area contributed by atoms with Gasteiger partial charge in [0.1, 0.15) is 5.82 Å². The Morgan fingerprint density at radius 1 is 1.18 bits per heavy atom. The van der Waals surface area contributed by atoms with Gasteiger partial charge in [-0.2, -0.15) is 0 Å². The first kappa shape index (κ1) is 25.9. The van der Waals surface area contributed by atoms with Crippen LogP contribution in [0.4, 0.5) is 14.6 Å². The molecule has 33 heavy (non-hydrogen) atoms. The van der Waals surface area contributed by atoms with Crippen LogP contribution in [0.5, 0.6) is 0 Å². The Labute approximate surface area is 208 Å². The summed E-state index contributed by atoms with van der Waals surface area (Å²) in [5.74, 6) is -1.33. The molecule has 3 rings (SSSR count). The van der Waals surface area contributed by atoms with E-state index in [2.05, 4.69) is 75.0 Å². The number of nitrogens with one attached hydrogen (secondary N) is 3. The molecule has 1 aliphatic heterocycles. The summed E-state index contributed by atoms with van der Waals surface area (Å²) in [7, 11) is 2.00. The fourth-order valence-corrected chi connectivity index (χ4v) is 5.32. The topological polar surface area (TPSA) is 76.9 Å². The van der Waals surface area contributed by atoms with Gasteiger partial charge >= 0.3 is 0 Å². The predicted octanol–water partition coefficient (Wildman–Crippen LogP) is 5.69. The Bertz CT molecular complexity index is 1030. The highest BCUT2D eigenvalue weighted by atomic mass is 127. The highest BCUT2D eigenvalue weighted by Gasteiger charge is 2.39. The van der Waals surface area contributed by atoms with E-state index in [-0.39, 0.29) is 39.5 Å². The number of piperidine rings is 1. The molecule has 0 aliphatic carbocycles. The molecule has 2 heterocycles. The van der Waals surface area contributed by atoms with Crippen molar-refractivity contribution in [2.24, 2.45) is 0 Å². The van der Waals surface area contributed by atoms with Crippen molar-refractivity contribution in [2.75, 3.05) is 11.9 Å². The Hall–Kier alpha value is -1.71. The number of hydrogen-bond acceptors (Lipinski definition) is 6. The molecule has 10 heteroatoms. The molecule has 1 fully saturated rings. The minimum Gasteiger partial charge on any atom is -0.364 e. The molecule has 3 N–H and O–H groups in total. The van der Waals surface area contributed by atoms with Gasteiger partial charge in [0.15, 0.2) is 11.6 Å². The molecular weight excluding hydrogens is 556 g/mol. The lowest BCUT2D eigenvalue weighted by Crippen LogP contribution is -2.62. The maximum Gasteiger partial charge on any atom is 0.168 e. The molecule has 1 aliphatic rings. The third-order valence-corrected chi connectivity index (χ3v) is 7.01. The van der Waals surface area contributed by atoms with E-state index in [1.807, 2.05) is 7.05 Å². The van der Waals surface area contributed by atoms with E-state index in [0.29, 0.717) is 12.2 Å². The van der Waals surface area contributed by atoms with Gasteiger partial charge in [-0.15, -0.1) is 0 Å². The highest BCUT2D eigenvalue weighted by Crippen LogP contribution is 2.33. The largest absolute Gasteiger partial charge is 0.364 e. The molecular formula is C23H30F2IN6P. The molecule has 6 nitrogen and oxygen atoms in total. The average Bonchev–Trinajstić information content (AvgIpc) is 2.74. The standard InChI is InChI=1S/C23H30F2IN6P/c1-22(2)8-15(9-23(3,4)31-22)32(5)19-13-28-18(12-29-19)17-7-6-16(20(24)21(17)25)14(10-27)11-30-33-26/h6-7,10-13,15,27,30-31,33H,8-9H2,1-5H3/b14-11+,27-10?.